The van der Waals surface area contributed by atoms with Crippen molar-refractivity contribution in [2.24, 2.45) is 10.7 Å². The monoisotopic (exact) mass is 430 g/mol. The molecule has 1 aliphatic heterocycles. The number of carbonyl (C=O) groups excluding carboxylic acids is 1. The van der Waals surface area contributed by atoms with Crippen LogP contribution < -0.4 is 15.8 Å². The predicted octanol–water partition coefficient (Wildman–Crippen LogP) is 1.65. The normalized spacial score (nSPS) is 19.9. The Labute approximate surface area is 153 Å². The number of aliphatic imine (C=N–C) groups is 1. The van der Waals surface area contributed by atoms with Gasteiger partial charge in [-0.25, -0.2) is 4.99 Å². The number of benzene rings is 1. The number of nitrogens with one attached hydrogen (secondary N) is 1. The predicted molar refractivity (Wildman–Crippen MR) is 100 cm³/mol. The molecule has 126 valence electrons. The largest absolute Gasteiger partial charge is 0.493 e. The lowest BCUT2D eigenvalue weighted by atomic mass is 10.0. The molecule has 6 nitrogen and oxygen atoms in total. The van der Waals surface area contributed by atoms with Crippen LogP contribution in [-0.4, -0.2) is 43.0 Å². The number of fused-ring (bicyclic) bond motifs is 1. The van der Waals surface area contributed by atoms with Crippen molar-refractivity contribution >= 4 is 35.8 Å². The number of ether oxygens (including phenoxy) is 1. The molecule has 0 radical (unpaired) electrons. The third kappa shape index (κ3) is 4.49. The van der Waals surface area contributed by atoms with E-state index in [0.717, 1.165) is 30.6 Å². The molecule has 1 aromatic rings. The molecule has 3 rings (SSSR count). The molecule has 1 heterocycles. The number of nitrogens with two attached hydrogens (primary N) is 1. The average molecular weight is 430 g/mol. The molecule has 1 aromatic carbocycles. The van der Waals surface area contributed by atoms with Crippen molar-refractivity contribution in [3.63, 3.8) is 0 Å². The van der Waals surface area contributed by atoms with Crippen LogP contribution in [0, 0.1) is 0 Å². The molecule has 1 fully saturated rings. The zero-order chi connectivity index (χ0) is 15.5. The quantitative estimate of drug-likeness (QED) is 0.433. The van der Waals surface area contributed by atoms with Gasteiger partial charge >= 0.3 is 0 Å². The lowest BCUT2D eigenvalue weighted by Gasteiger charge is -2.26. The molecule has 1 aliphatic carbocycles. The van der Waals surface area contributed by atoms with E-state index in [-0.39, 0.29) is 42.5 Å². The number of rotatable bonds is 4. The van der Waals surface area contributed by atoms with Gasteiger partial charge in [-0.1, -0.05) is 18.2 Å². The van der Waals surface area contributed by atoms with Gasteiger partial charge in [0.2, 0.25) is 5.91 Å². The van der Waals surface area contributed by atoms with Gasteiger partial charge in [0, 0.05) is 25.1 Å². The molecule has 23 heavy (non-hydrogen) atoms. The van der Waals surface area contributed by atoms with Crippen molar-refractivity contribution in [3.8, 4) is 5.75 Å². The minimum absolute atomic E-state index is 0. The highest BCUT2D eigenvalue weighted by molar-refractivity contribution is 14.0. The van der Waals surface area contributed by atoms with Crippen LogP contribution in [-0.2, 0) is 4.79 Å². The average Bonchev–Trinajstić information content (AvgIpc) is 3.37. The number of para-hydroxylation sites is 1. The second-order valence-electron chi connectivity index (χ2n) is 5.81. The van der Waals surface area contributed by atoms with Crippen molar-refractivity contribution in [1.82, 2.24) is 10.2 Å². The number of hydrogen-bond acceptors (Lipinski definition) is 3. The minimum atomic E-state index is -0.117. The second kappa shape index (κ2) is 7.85. The Balaban J connectivity index is 0.00000192. The smallest absolute Gasteiger partial charge is 0.242 e. The lowest BCUT2D eigenvalue weighted by molar-refractivity contribution is -0.120. The Morgan fingerprint density at radius 2 is 2.13 bits per heavy atom. The first-order valence-electron chi connectivity index (χ1n) is 7.69. The Morgan fingerprint density at radius 1 is 1.39 bits per heavy atom. The molecule has 1 amide bonds. The van der Waals surface area contributed by atoms with Gasteiger partial charge in [-0.3, -0.25) is 4.79 Å². The summed E-state index contributed by atoms with van der Waals surface area (Å²) >= 11 is 0. The number of carbonyl (C=O) groups is 1. The van der Waals surface area contributed by atoms with E-state index >= 15 is 0 Å². The van der Waals surface area contributed by atoms with Crippen molar-refractivity contribution in [2.45, 2.75) is 31.3 Å². The highest BCUT2D eigenvalue weighted by Crippen LogP contribution is 2.31. The summed E-state index contributed by atoms with van der Waals surface area (Å²) in [5, 5.41) is 3.01. The van der Waals surface area contributed by atoms with Crippen LogP contribution >= 0.6 is 24.0 Å². The summed E-state index contributed by atoms with van der Waals surface area (Å²) in [6.07, 6.45) is 3.07. The summed E-state index contributed by atoms with van der Waals surface area (Å²) < 4.78 is 5.59. The Kier molecular flexibility index (Phi) is 6.09. The fraction of sp³-hybridized carbons (Fsp3) is 0.500. The number of halogens is 1. The topological polar surface area (TPSA) is 80.0 Å². The number of guanidine groups is 1. The van der Waals surface area contributed by atoms with E-state index in [4.69, 9.17) is 10.5 Å². The van der Waals surface area contributed by atoms with Crippen molar-refractivity contribution in [1.29, 1.82) is 0 Å². The van der Waals surface area contributed by atoms with Crippen LogP contribution in [0.15, 0.2) is 29.3 Å². The van der Waals surface area contributed by atoms with Gasteiger partial charge in [-0.15, -0.1) is 24.0 Å². The molecule has 7 heteroatoms. The zero-order valence-corrected chi connectivity index (χ0v) is 15.5. The van der Waals surface area contributed by atoms with Gasteiger partial charge in [-0.05, 0) is 18.9 Å². The van der Waals surface area contributed by atoms with Crippen molar-refractivity contribution in [2.75, 3.05) is 20.2 Å². The first kappa shape index (κ1) is 17.8. The van der Waals surface area contributed by atoms with E-state index in [2.05, 4.69) is 10.3 Å². The highest BCUT2D eigenvalue weighted by atomic mass is 127. The molecule has 1 atom stereocenters. The van der Waals surface area contributed by atoms with Gasteiger partial charge in [0.15, 0.2) is 5.96 Å². The first-order chi connectivity index (χ1) is 10.6. The molecule has 2 aliphatic rings. The fourth-order valence-electron chi connectivity index (χ4n) is 2.65. The van der Waals surface area contributed by atoms with Gasteiger partial charge in [-0.2, -0.15) is 0 Å². The maximum absolute atomic E-state index is 12.1. The van der Waals surface area contributed by atoms with E-state index in [9.17, 15) is 4.79 Å². The van der Waals surface area contributed by atoms with Crippen LogP contribution in [0.1, 0.15) is 30.9 Å². The lowest BCUT2D eigenvalue weighted by Crippen LogP contribution is -2.38. The Morgan fingerprint density at radius 3 is 2.87 bits per heavy atom. The number of hydrogen-bond donors (Lipinski definition) is 2. The molecule has 1 saturated carbocycles. The van der Waals surface area contributed by atoms with Crippen LogP contribution in [0.2, 0.25) is 0 Å². The molecule has 0 aromatic heterocycles. The van der Waals surface area contributed by atoms with Crippen LogP contribution in [0.4, 0.5) is 0 Å². The summed E-state index contributed by atoms with van der Waals surface area (Å²) in [5.74, 6) is 1.16. The molecular formula is C16H23IN4O2. The maximum Gasteiger partial charge on any atom is 0.242 e. The van der Waals surface area contributed by atoms with E-state index in [0.29, 0.717) is 18.6 Å². The van der Waals surface area contributed by atoms with Gasteiger partial charge in [0.25, 0.3) is 0 Å². The number of nitrogens with zero attached hydrogens (tertiary/aromatic N) is 2. The minimum Gasteiger partial charge on any atom is -0.493 e. The van der Waals surface area contributed by atoms with Gasteiger partial charge in [0.1, 0.15) is 12.3 Å². The molecule has 0 spiro atoms. The summed E-state index contributed by atoms with van der Waals surface area (Å²) in [6.45, 7) is 0.667. The van der Waals surface area contributed by atoms with Crippen molar-refractivity contribution in [3.05, 3.63) is 29.8 Å². The van der Waals surface area contributed by atoms with E-state index < -0.39 is 0 Å². The first-order valence-corrected chi connectivity index (χ1v) is 7.69. The van der Waals surface area contributed by atoms with E-state index in [1.165, 1.54) is 0 Å². The maximum atomic E-state index is 12.1. The molecule has 1 unspecified atom stereocenters. The van der Waals surface area contributed by atoms with E-state index in [1.807, 2.05) is 36.2 Å². The Hall–Kier alpha value is -1.51. The van der Waals surface area contributed by atoms with Gasteiger partial charge < -0.3 is 20.7 Å². The SMILES string of the molecule is CN(C(N)=NCC(=O)NC1CCOc2ccccc21)C1CC1.I. The fourth-order valence-corrected chi connectivity index (χ4v) is 2.65. The van der Waals surface area contributed by atoms with Crippen molar-refractivity contribution < 1.29 is 9.53 Å². The summed E-state index contributed by atoms with van der Waals surface area (Å²) in [5.41, 5.74) is 6.91. The highest BCUT2D eigenvalue weighted by Gasteiger charge is 2.27. The van der Waals surface area contributed by atoms with Crippen LogP contribution in [0.25, 0.3) is 0 Å². The standard InChI is InChI=1S/C16H22N4O2.HI/c1-20(11-6-7-11)16(17)18-10-15(21)19-13-8-9-22-14-5-3-2-4-12(13)14;/h2-5,11,13H,6-10H2,1H3,(H2,17,18)(H,19,21);1H. The number of amides is 1. The van der Waals surface area contributed by atoms with Gasteiger partial charge in [0.05, 0.1) is 12.6 Å². The Bertz CT molecular complexity index is 589. The zero-order valence-electron chi connectivity index (χ0n) is 13.2. The summed E-state index contributed by atoms with van der Waals surface area (Å²) in [7, 11) is 1.92. The molecular weight excluding hydrogens is 407 g/mol. The third-order valence-electron chi connectivity index (χ3n) is 4.13. The summed E-state index contributed by atoms with van der Waals surface area (Å²) in [4.78, 5) is 18.2. The summed E-state index contributed by atoms with van der Waals surface area (Å²) in [6, 6.07) is 8.27. The van der Waals surface area contributed by atoms with Crippen LogP contribution in [0.3, 0.4) is 0 Å². The molecule has 0 bridgehead atoms. The molecule has 3 N–H and O–H groups in total. The molecule has 0 saturated heterocycles. The third-order valence-corrected chi connectivity index (χ3v) is 4.13. The van der Waals surface area contributed by atoms with E-state index in [1.54, 1.807) is 0 Å². The second-order valence-corrected chi connectivity index (χ2v) is 5.81. The van der Waals surface area contributed by atoms with Crippen LogP contribution in [0.5, 0.6) is 5.75 Å².